The minimum absolute atomic E-state index is 0.167. The van der Waals surface area contributed by atoms with Gasteiger partial charge in [0, 0.05) is 18.0 Å². The van der Waals surface area contributed by atoms with E-state index in [2.05, 4.69) is 28.5 Å². The van der Waals surface area contributed by atoms with E-state index in [0.717, 1.165) is 13.1 Å². The first kappa shape index (κ1) is 14.8. The van der Waals surface area contributed by atoms with Crippen LogP contribution in [0, 0.1) is 0 Å². The van der Waals surface area contributed by atoms with E-state index in [-0.39, 0.29) is 5.97 Å². The van der Waals surface area contributed by atoms with Gasteiger partial charge in [0.05, 0.1) is 13.2 Å². The van der Waals surface area contributed by atoms with Crippen molar-refractivity contribution in [3.05, 3.63) is 58.3 Å². The van der Waals surface area contributed by atoms with Gasteiger partial charge < -0.3 is 4.74 Å². The second-order valence-corrected chi connectivity index (χ2v) is 5.55. The number of carbonyl (C=O) groups is 1. The molecule has 4 heteroatoms. The predicted molar refractivity (Wildman–Crippen MR) is 81.5 cm³/mol. The molecule has 0 bridgehead atoms. The third-order valence-electron chi connectivity index (χ3n) is 2.87. The lowest BCUT2D eigenvalue weighted by Gasteiger charge is -2.20. The van der Waals surface area contributed by atoms with Crippen LogP contribution < -0.4 is 0 Å². The number of thiophene rings is 1. The Balaban J connectivity index is 2.01. The molecular formula is C16H19NO2S. The van der Waals surface area contributed by atoms with Crippen molar-refractivity contribution in [3.63, 3.8) is 0 Å². The van der Waals surface area contributed by atoms with Gasteiger partial charge in [0.1, 0.15) is 0 Å². The lowest BCUT2D eigenvalue weighted by atomic mass is 10.2. The molecule has 0 unspecified atom stereocenters. The Morgan fingerprint density at radius 2 is 1.95 bits per heavy atom. The summed E-state index contributed by atoms with van der Waals surface area (Å²) in [5.41, 5.74) is 1.20. The molecule has 0 aliphatic carbocycles. The fourth-order valence-electron chi connectivity index (χ4n) is 2.02. The summed E-state index contributed by atoms with van der Waals surface area (Å²) in [6, 6.07) is 14.3. The molecule has 1 aromatic carbocycles. The van der Waals surface area contributed by atoms with Crippen molar-refractivity contribution in [3.8, 4) is 0 Å². The lowest BCUT2D eigenvalue weighted by molar-refractivity contribution is -0.144. The molecule has 0 fully saturated rings. The normalized spacial score (nSPS) is 10.7. The Hall–Kier alpha value is -1.65. The maximum Gasteiger partial charge on any atom is 0.320 e. The highest BCUT2D eigenvalue weighted by Crippen LogP contribution is 2.14. The second-order valence-electron chi connectivity index (χ2n) is 4.52. The molecule has 0 saturated heterocycles. The van der Waals surface area contributed by atoms with Gasteiger partial charge in [0.2, 0.25) is 0 Å². The molecule has 1 heterocycles. The number of carbonyl (C=O) groups excluding carboxylic acids is 1. The molecule has 106 valence electrons. The SMILES string of the molecule is CCOC(=O)CN(Cc1ccccc1)Cc1cccs1. The Morgan fingerprint density at radius 3 is 2.60 bits per heavy atom. The number of esters is 1. The van der Waals surface area contributed by atoms with Gasteiger partial charge in [0.25, 0.3) is 0 Å². The van der Waals surface area contributed by atoms with Crippen LogP contribution in [0.5, 0.6) is 0 Å². The molecule has 0 atom stereocenters. The lowest BCUT2D eigenvalue weighted by Crippen LogP contribution is -2.30. The van der Waals surface area contributed by atoms with E-state index in [1.165, 1.54) is 10.4 Å². The Bertz CT molecular complexity index is 511. The third-order valence-corrected chi connectivity index (χ3v) is 3.73. The van der Waals surface area contributed by atoms with E-state index in [9.17, 15) is 4.79 Å². The topological polar surface area (TPSA) is 29.5 Å². The summed E-state index contributed by atoms with van der Waals surface area (Å²) in [5, 5.41) is 2.06. The molecule has 2 aromatic rings. The fraction of sp³-hybridized carbons (Fsp3) is 0.312. The fourth-order valence-corrected chi connectivity index (χ4v) is 2.77. The molecule has 1 aromatic heterocycles. The van der Waals surface area contributed by atoms with Crippen LogP contribution in [-0.4, -0.2) is 24.0 Å². The highest BCUT2D eigenvalue weighted by atomic mass is 32.1. The van der Waals surface area contributed by atoms with Gasteiger partial charge in [0.15, 0.2) is 0 Å². The van der Waals surface area contributed by atoms with Crippen molar-refractivity contribution in [2.75, 3.05) is 13.2 Å². The molecule has 0 amide bonds. The summed E-state index contributed by atoms with van der Waals surface area (Å²) in [6.45, 7) is 4.10. The Morgan fingerprint density at radius 1 is 1.15 bits per heavy atom. The van der Waals surface area contributed by atoms with Gasteiger partial charge in [-0.25, -0.2) is 0 Å². The van der Waals surface area contributed by atoms with Crippen molar-refractivity contribution in [1.82, 2.24) is 4.90 Å². The zero-order valence-corrected chi connectivity index (χ0v) is 12.4. The van der Waals surface area contributed by atoms with Gasteiger partial charge in [-0.15, -0.1) is 11.3 Å². The molecule has 2 rings (SSSR count). The molecule has 0 N–H and O–H groups in total. The molecule has 0 radical (unpaired) electrons. The average molecular weight is 289 g/mol. The molecule has 20 heavy (non-hydrogen) atoms. The van der Waals surface area contributed by atoms with Crippen LogP contribution >= 0.6 is 11.3 Å². The number of rotatable bonds is 7. The van der Waals surface area contributed by atoms with Gasteiger partial charge in [-0.1, -0.05) is 36.4 Å². The number of hydrogen-bond donors (Lipinski definition) is 0. The van der Waals surface area contributed by atoms with Crippen molar-refractivity contribution in [1.29, 1.82) is 0 Å². The number of ether oxygens (including phenoxy) is 1. The largest absolute Gasteiger partial charge is 0.465 e. The van der Waals surface area contributed by atoms with Crippen LogP contribution in [0.3, 0.4) is 0 Å². The van der Waals surface area contributed by atoms with Gasteiger partial charge >= 0.3 is 5.97 Å². The highest BCUT2D eigenvalue weighted by molar-refractivity contribution is 7.09. The molecular weight excluding hydrogens is 270 g/mol. The van der Waals surface area contributed by atoms with E-state index < -0.39 is 0 Å². The van der Waals surface area contributed by atoms with E-state index in [4.69, 9.17) is 4.74 Å². The van der Waals surface area contributed by atoms with Crippen molar-refractivity contribution in [2.45, 2.75) is 20.0 Å². The second kappa shape index (κ2) is 7.82. The van der Waals surface area contributed by atoms with Crippen LogP contribution in [0.1, 0.15) is 17.4 Å². The number of hydrogen-bond acceptors (Lipinski definition) is 4. The smallest absolute Gasteiger partial charge is 0.320 e. The van der Waals surface area contributed by atoms with Crippen LogP contribution in [0.4, 0.5) is 0 Å². The molecule has 3 nitrogen and oxygen atoms in total. The standard InChI is InChI=1S/C16H19NO2S/c1-2-19-16(18)13-17(12-15-9-6-10-20-15)11-14-7-4-3-5-8-14/h3-10H,2,11-13H2,1H3. The zero-order chi connectivity index (χ0) is 14.2. The quantitative estimate of drug-likeness (QED) is 0.732. The average Bonchev–Trinajstić information content (AvgIpc) is 2.93. The minimum atomic E-state index is -0.167. The van der Waals surface area contributed by atoms with Crippen molar-refractivity contribution >= 4 is 17.3 Å². The third kappa shape index (κ3) is 4.79. The van der Waals surface area contributed by atoms with E-state index in [1.54, 1.807) is 11.3 Å². The molecule has 0 aliphatic heterocycles. The van der Waals surface area contributed by atoms with Crippen molar-refractivity contribution < 1.29 is 9.53 Å². The van der Waals surface area contributed by atoms with E-state index in [0.29, 0.717) is 13.2 Å². The van der Waals surface area contributed by atoms with Crippen LogP contribution in [0.2, 0.25) is 0 Å². The first-order valence-corrected chi connectivity index (χ1v) is 7.60. The summed E-state index contributed by atoms with van der Waals surface area (Å²) >= 11 is 1.71. The van der Waals surface area contributed by atoms with Gasteiger partial charge in [-0.2, -0.15) is 0 Å². The van der Waals surface area contributed by atoms with Crippen molar-refractivity contribution in [2.24, 2.45) is 0 Å². The zero-order valence-electron chi connectivity index (χ0n) is 11.6. The van der Waals surface area contributed by atoms with Crippen LogP contribution in [0.25, 0.3) is 0 Å². The first-order valence-electron chi connectivity index (χ1n) is 6.72. The summed E-state index contributed by atoms with van der Waals surface area (Å²) in [4.78, 5) is 15.1. The molecule has 0 aliphatic rings. The summed E-state index contributed by atoms with van der Waals surface area (Å²) in [7, 11) is 0. The first-order chi connectivity index (χ1) is 9.78. The molecule has 0 spiro atoms. The Labute approximate surface area is 123 Å². The van der Waals surface area contributed by atoms with Crippen LogP contribution in [-0.2, 0) is 22.6 Å². The number of nitrogens with zero attached hydrogens (tertiary/aromatic N) is 1. The van der Waals surface area contributed by atoms with E-state index >= 15 is 0 Å². The summed E-state index contributed by atoms with van der Waals surface area (Å²) in [6.07, 6.45) is 0. The van der Waals surface area contributed by atoms with Crippen LogP contribution in [0.15, 0.2) is 47.8 Å². The molecule has 0 saturated carbocycles. The Kier molecular flexibility index (Phi) is 5.77. The number of benzene rings is 1. The maximum absolute atomic E-state index is 11.7. The highest BCUT2D eigenvalue weighted by Gasteiger charge is 2.13. The van der Waals surface area contributed by atoms with E-state index in [1.807, 2.05) is 31.2 Å². The monoisotopic (exact) mass is 289 g/mol. The summed E-state index contributed by atoms with van der Waals surface area (Å²) in [5.74, 6) is -0.167. The maximum atomic E-state index is 11.7. The van der Waals surface area contributed by atoms with Gasteiger partial charge in [-0.05, 0) is 23.9 Å². The van der Waals surface area contributed by atoms with Gasteiger partial charge in [-0.3, -0.25) is 9.69 Å². The predicted octanol–water partition coefficient (Wildman–Crippen LogP) is 3.31. The summed E-state index contributed by atoms with van der Waals surface area (Å²) < 4.78 is 5.05. The minimum Gasteiger partial charge on any atom is -0.465 e.